The van der Waals surface area contributed by atoms with E-state index in [1.165, 1.54) is 0 Å². The van der Waals surface area contributed by atoms with Crippen LogP contribution in [-0.4, -0.2) is 24.7 Å². The third-order valence-corrected chi connectivity index (χ3v) is 1.78. The maximum atomic E-state index is 11.2. The van der Waals surface area contributed by atoms with Crippen LogP contribution >= 0.6 is 0 Å². The summed E-state index contributed by atoms with van der Waals surface area (Å²) in [4.78, 5) is 11.2. The maximum absolute atomic E-state index is 11.2. The number of aliphatic hydroxyl groups is 1. The molecular weight excluding hydrogens is 154 g/mol. The lowest BCUT2D eigenvalue weighted by atomic mass is 9.99. The van der Waals surface area contributed by atoms with Crippen LogP contribution in [0.15, 0.2) is 12.7 Å². The molecule has 0 aromatic rings. The van der Waals surface area contributed by atoms with Gasteiger partial charge in [-0.2, -0.15) is 0 Å². The average molecular weight is 171 g/mol. The Bertz CT molecular complexity index is 145. The molecule has 3 heteroatoms. The molecule has 70 valence electrons. The molecule has 1 amide bonds. The van der Waals surface area contributed by atoms with E-state index in [9.17, 15) is 4.79 Å². The average Bonchev–Trinajstić information content (AvgIpc) is 2.11. The van der Waals surface area contributed by atoms with Crippen LogP contribution in [-0.2, 0) is 4.79 Å². The van der Waals surface area contributed by atoms with Crippen LogP contribution in [0.1, 0.15) is 19.3 Å². The van der Waals surface area contributed by atoms with Gasteiger partial charge in [0.05, 0.1) is 0 Å². The smallest absolute Gasteiger partial charge is 0.223 e. The van der Waals surface area contributed by atoms with Gasteiger partial charge >= 0.3 is 0 Å². The highest BCUT2D eigenvalue weighted by molar-refractivity contribution is 5.78. The van der Waals surface area contributed by atoms with E-state index in [0.29, 0.717) is 12.8 Å². The minimum Gasteiger partial charge on any atom is -0.396 e. The van der Waals surface area contributed by atoms with Gasteiger partial charge in [-0.3, -0.25) is 4.79 Å². The van der Waals surface area contributed by atoms with Gasteiger partial charge in [0, 0.05) is 19.6 Å². The Morgan fingerprint density at radius 3 is 2.83 bits per heavy atom. The normalized spacial score (nSPS) is 12.2. The molecule has 0 rings (SSSR count). The topological polar surface area (TPSA) is 49.3 Å². The fourth-order valence-electron chi connectivity index (χ4n) is 1.10. The molecule has 0 aromatic heterocycles. The number of hydrogen-bond donors (Lipinski definition) is 2. The second-order valence-electron chi connectivity index (χ2n) is 2.70. The van der Waals surface area contributed by atoms with Crippen molar-refractivity contribution in [2.45, 2.75) is 19.3 Å². The highest BCUT2D eigenvalue weighted by Gasteiger charge is 2.14. The zero-order valence-corrected chi connectivity index (χ0v) is 7.55. The van der Waals surface area contributed by atoms with Gasteiger partial charge in [-0.05, 0) is 19.3 Å². The molecule has 0 fully saturated rings. The molecule has 0 saturated carbocycles. The van der Waals surface area contributed by atoms with Crippen molar-refractivity contribution in [1.29, 1.82) is 0 Å². The SMILES string of the molecule is C=CC[C@H](CCCO)C(=O)NC. The third-order valence-electron chi connectivity index (χ3n) is 1.78. The van der Waals surface area contributed by atoms with Crippen molar-refractivity contribution in [3.63, 3.8) is 0 Å². The minimum atomic E-state index is -0.0281. The first-order chi connectivity index (χ1) is 5.76. The van der Waals surface area contributed by atoms with Crippen molar-refractivity contribution in [3.8, 4) is 0 Å². The summed E-state index contributed by atoms with van der Waals surface area (Å²) in [6.45, 7) is 3.73. The van der Waals surface area contributed by atoms with Crippen LogP contribution in [0.4, 0.5) is 0 Å². The van der Waals surface area contributed by atoms with E-state index in [0.717, 1.165) is 6.42 Å². The van der Waals surface area contributed by atoms with Crippen molar-refractivity contribution in [1.82, 2.24) is 5.32 Å². The zero-order valence-electron chi connectivity index (χ0n) is 7.55. The van der Waals surface area contributed by atoms with E-state index in [4.69, 9.17) is 5.11 Å². The summed E-state index contributed by atoms with van der Waals surface area (Å²) in [5, 5.41) is 11.2. The van der Waals surface area contributed by atoms with Crippen molar-refractivity contribution < 1.29 is 9.90 Å². The van der Waals surface area contributed by atoms with E-state index in [2.05, 4.69) is 11.9 Å². The Hall–Kier alpha value is -0.830. The van der Waals surface area contributed by atoms with Gasteiger partial charge in [0.15, 0.2) is 0 Å². The molecular formula is C9H17NO2. The Kier molecular flexibility index (Phi) is 6.38. The van der Waals surface area contributed by atoms with Gasteiger partial charge in [-0.25, -0.2) is 0 Å². The van der Waals surface area contributed by atoms with E-state index in [-0.39, 0.29) is 18.4 Å². The second-order valence-corrected chi connectivity index (χ2v) is 2.70. The fourth-order valence-corrected chi connectivity index (χ4v) is 1.10. The van der Waals surface area contributed by atoms with Gasteiger partial charge in [0.25, 0.3) is 0 Å². The molecule has 3 nitrogen and oxygen atoms in total. The van der Waals surface area contributed by atoms with Crippen molar-refractivity contribution in [2.75, 3.05) is 13.7 Å². The molecule has 0 aliphatic carbocycles. The molecule has 0 bridgehead atoms. The van der Waals surface area contributed by atoms with E-state index in [1.54, 1.807) is 13.1 Å². The molecule has 0 radical (unpaired) electrons. The minimum absolute atomic E-state index is 0.0281. The summed E-state index contributed by atoms with van der Waals surface area (Å²) in [5.41, 5.74) is 0. The molecule has 2 N–H and O–H groups in total. The predicted octanol–water partition coefficient (Wildman–Crippen LogP) is 0.697. The van der Waals surface area contributed by atoms with Crippen molar-refractivity contribution >= 4 is 5.91 Å². The van der Waals surface area contributed by atoms with E-state index in [1.807, 2.05) is 0 Å². The Morgan fingerprint density at radius 1 is 1.75 bits per heavy atom. The van der Waals surface area contributed by atoms with Crippen LogP contribution < -0.4 is 5.32 Å². The monoisotopic (exact) mass is 171 g/mol. The van der Waals surface area contributed by atoms with E-state index < -0.39 is 0 Å². The lowest BCUT2D eigenvalue weighted by Crippen LogP contribution is -2.27. The molecule has 0 heterocycles. The van der Waals surface area contributed by atoms with Crippen molar-refractivity contribution in [2.24, 2.45) is 5.92 Å². The molecule has 0 aliphatic rings. The summed E-state index contributed by atoms with van der Waals surface area (Å²) in [7, 11) is 1.62. The number of aliphatic hydroxyl groups excluding tert-OH is 1. The lowest BCUT2D eigenvalue weighted by molar-refractivity contribution is -0.124. The molecule has 0 aromatic carbocycles. The number of carbonyl (C=O) groups excluding carboxylic acids is 1. The fraction of sp³-hybridized carbons (Fsp3) is 0.667. The summed E-state index contributed by atoms with van der Waals surface area (Å²) in [6, 6.07) is 0. The van der Waals surface area contributed by atoms with Crippen LogP contribution in [0, 0.1) is 5.92 Å². The van der Waals surface area contributed by atoms with E-state index >= 15 is 0 Å². The summed E-state index contributed by atoms with van der Waals surface area (Å²) < 4.78 is 0. The zero-order chi connectivity index (χ0) is 9.40. The quantitative estimate of drug-likeness (QED) is 0.578. The van der Waals surface area contributed by atoms with Crippen LogP contribution in [0.5, 0.6) is 0 Å². The number of allylic oxidation sites excluding steroid dienone is 1. The van der Waals surface area contributed by atoms with Gasteiger partial charge < -0.3 is 10.4 Å². The first-order valence-electron chi connectivity index (χ1n) is 4.19. The molecule has 0 aliphatic heterocycles. The lowest BCUT2D eigenvalue weighted by Gasteiger charge is -2.11. The summed E-state index contributed by atoms with van der Waals surface area (Å²) >= 11 is 0. The second kappa shape index (κ2) is 6.85. The first-order valence-corrected chi connectivity index (χ1v) is 4.19. The number of hydrogen-bond acceptors (Lipinski definition) is 2. The van der Waals surface area contributed by atoms with Gasteiger partial charge in [0.2, 0.25) is 5.91 Å². The highest BCUT2D eigenvalue weighted by Crippen LogP contribution is 2.11. The maximum Gasteiger partial charge on any atom is 0.223 e. The number of carbonyl (C=O) groups is 1. The summed E-state index contributed by atoms with van der Waals surface area (Å²) in [6.07, 6.45) is 3.81. The first kappa shape index (κ1) is 11.2. The molecule has 0 saturated heterocycles. The standard InChI is InChI=1S/C9H17NO2/c1-3-5-8(6-4-7-11)9(12)10-2/h3,8,11H,1,4-7H2,2H3,(H,10,12)/t8-/m1/s1. The third kappa shape index (κ3) is 4.13. The highest BCUT2D eigenvalue weighted by atomic mass is 16.3. The van der Waals surface area contributed by atoms with Gasteiger partial charge in [-0.15, -0.1) is 6.58 Å². The Morgan fingerprint density at radius 2 is 2.42 bits per heavy atom. The summed E-state index contributed by atoms with van der Waals surface area (Å²) in [5.74, 6) is 0.00278. The van der Waals surface area contributed by atoms with Gasteiger partial charge in [-0.1, -0.05) is 6.08 Å². The molecule has 12 heavy (non-hydrogen) atoms. The molecule has 0 spiro atoms. The number of rotatable bonds is 6. The van der Waals surface area contributed by atoms with Gasteiger partial charge in [0.1, 0.15) is 0 Å². The largest absolute Gasteiger partial charge is 0.396 e. The Labute approximate surface area is 73.5 Å². The molecule has 1 atom stereocenters. The predicted molar refractivity (Wildman–Crippen MR) is 48.7 cm³/mol. The van der Waals surface area contributed by atoms with Crippen LogP contribution in [0.3, 0.4) is 0 Å². The van der Waals surface area contributed by atoms with Crippen molar-refractivity contribution in [3.05, 3.63) is 12.7 Å². The van der Waals surface area contributed by atoms with Crippen LogP contribution in [0.25, 0.3) is 0 Å². The van der Waals surface area contributed by atoms with Crippen LogP contribution in [0.2, 0.25) is 0 Å². The number of nitrogens with one attached hydrogen (secondary N) is 1. The molecule has 0 unspecified atom stereocenters. The number of amides is 1. The Balaban J connectivity index is 3.84.